The molecule has 1 saturated heterocycles. The summed E-state index contributed by atoms with van der Waals surface area (Å²) in [7, 11) is 0. The fraction of sp³-hybridized carbons (Fsp3) is 0.917. The summed E-state index contributed by atoms with van der Waals surface area (Å²) < 4.78 is 0. The van der Waals surface area contributed by atoms with Gasteiger partial charge in [-0.3, -0.25) is 4.79 Å². The van der Waals surface area contributed by atoms with Crippen molar-refractivity contribution >= 4 is 5.91 Å². The second-order valence-corrected chi connectivity index (χ2v) is 4.72. The van der Waals surface area contributed by atoms with Crippen LogP contribution in [0, 0.1) is 5.92 Å². The van der Waals surface area contributed by atoms with Crippen LogP contribution in [0.4, 0.5) is 0 Å². The third-order valence-electron chi connectivity index (χ3n) is 3.57. The molecule has 1 fully saturated rings. The van der Waals surface area contributed by atoms with Crippen molar-refractivity contribution in [2.24, 2.45) is 11.7 Å². The number of hydrogen-bond donors (Lipinski definition) is 1. The Bertz CT molecular complexity index is 204. The Hall–Kier alpha value is -0.570. The molecule has 3 nitrogen and oxygen atoms in total. The highest BCUT2D eigenvalue weighted by Gasteiger charge is 2.31. The van der Waals surface area contributed by atoms with E-state index in [0.717, 1.165) is 19.3 Å². The Morgan fingerprint density at radius 1 is 1.40 bits per heavy atom. The van der Waals surface area contributed by atoms with E-state index in [1.165, 1.54) is 6.42 Å². The van der Waals surface area contributed by atoms with Gasteiger partial charge in [0.1, 0.15) is 0 Å². The molecule has 2 N–H and O–H groups in total. The summed E-state index contributed by atoms with van der Waals surface area (Å²) in [5.41, 5.74) is 5.63. The van der Waals surface area contributed by atoms with E-state index in [-0.39, 0.29) is 11.8 Å². The van der Waals surface area contributed by atoms with Crippen LogP contribution < -0.4 is 5.73 Å². The zero-order valence-corrected chi connectivity index (χ0v) is 10.2. The second-order valence-electron chi connectivity index (χ2n) is 4.72. The van der Waals surface area contributed by atoms with Crippen molar-refractivity contribution in [3.05, 3.63) is 0 Å². The molecule has 3 unspecified atom stereocenters. The lowest BCUT2D eigenvalue weighted by Gasteiger charge is -2.40. The largest absolute Gasteiger partial charge is 0.337 e. The van der Waals surface area contributed by atoms with Crippen LogP contribution in [-0.4, -0.2) is 29.4 Å². The molecule has 0 saturated carbocycles. The summed E-state index contributed by atoms with van der Waals surface area (Å²) in [6.45, 7) is 6.81. The van der Waals surface area contributed by atoms with Crippen LogP contribution in [0.2, 0.25) is 0 Å². The number of piperidine rings is 1. The zero-order chi connectivity index (χ0) is 11.4. The maximum atomic E-state index is 12.2. The maximum absolute atomic E-state index is 12.2. The third-order valence-corrected chi connectivity index (χ3v) is 3.57. The highest BCUT2D eigenvalue weighted by atomic mass is 16.2. The fourth-order valence-electron chi connectivity index (χ4n) is 2.51. The number of nitrogens with zero attached hydrogens (tertiary/aromatic N) is 1. The molecule has 1 amide bonds. The molecule has 1 heterocycles. The predicted octanol–water partition coefficient (Wildman–Crippen LogP) is 1.76. The van der Waals surface area contributed by atoms with Crippen LogP contribution in [0.25, 0.3) is 0 Å². The first-order valence-electron chi connectivity index (χ1n) is 6.14. The van der Waals surface area contributed by atoms with Gasteiger partial charge in [-0.25, -0.2) is 0 Å². The van der Waals surface area contributed by atoms with E-state index in [9.17, 15) is 4.79 Å². The molecule has 1 aliphatic rings. The molecule has 3 heteroatoms. The minimum Gasteiger partial charge on any atom is -0.337 e. The van der Waals surface area contributed by atoms with Crippen LogP contribution in [0.5, 0.6) is 0 Å². The summed E-state index contributed by atoms with van der Waals surface area (Å²) in [6, 6.07) is 0.781. The number of carbonyl (C=O) groups excluding carboxylic acids is 1. The summed E-state index contributed by atoms with van der Waals surface area (Å²) in [5, 5.41) is 0. The SMILES string of the molecule is CCC(CN)C(=O)N1C(C)CCCC1C. The molecule has 1 aliphatic heterocycles. The van der Waals surface area contributed by atoms with Gasteiger partial charge in [0, 0.05) is 18.6 Å². The van der Waals surface area contributed by atoms with Crippen LogP contribution in [0.1, 0.15) is 46.5 Å². The van der Waals surface area contributed by atoms with Crippen LogP contribution >= 0.6 is 0 Å². The lowest BCUT2D eigenvalue weighted by atomic mass is 9.94. The zero-order valence-electron chi connectivity index (χ0n) is 10.2. The van der Waals surface area contributed by atoms with Gasteiger partial charge in [-0.05, 0) is 39.5 Å². The van der Waals surface area contributed by atoms with Crippen molar-refractivity contribution < 1.29 is 4.79 Å². The van der Waals surface area contributed by atoms with E-state index in [1.54, 1.807) is 0 Å². The van der Waals surface area contributed by atoms with E-state index in [2.05, 4.69) is 18.7 Å². The molecule has 0 aromatic heterocycles. The van der Waals surface area contributed by atoms with E-state index < -0.39 is 0 Å². The van der Waals surface area contributed by atoms with E-state index in [1.807, 2.05) is 6.92 Å². The van der Waals surface area contributed by atoms with Crippen LogP contribution in [-0.2, 0) is 4.79 Å². The molecular formula is C12H24N2O. The third kappa shape index (κ3) is 2.71. The average molecular weight is 212 g/mol. The molecule has 0 radical (unpaired) electrons. The summed E-state index contributed by atoms with van der Waals surface area (Å²) >= 11 is 0. The quantitative estimate of drug-likeness (QED) is 0.775. The van der Waals surface area contributed by atoms with E-state index in [4.69, 9.17) is 5.73 Å². The molecule has 0 aromatic carbocycles. The van der Waals surface area contributed by atoms with Crippen molar-refractivity contribution in [3.8, 4) is 0 Å². The first-order chi connectivity index (χ1) is 7.11. The van der Waals surface area contributed by atoms with Gasteiger partial charge in [0.05, 0.1) is 5.92 Å². The first kappa shape index (κ1) is 12.5. The van der Waals surface area contributed by atoms with Crippen molar-refractivity contribution in [3.63, 3.8) is 0 Å². The van der Waals surface area contributed by atoms with Gasteiger partial charge in [-0.1, -0.05) is 6.92 Å². The molecule has 0 aromatic rings. The van der Waals surface area contributed by atoms with Crippen LogP contribution in [0.3, 0.4) is 0 Å². The molecule has 3 atom stereocenters. The topological polar surface area (TPSA) is 46.3 Å². The van der Waals surface area contributed by atoms with Gasteiger partial charge in [-0.15, -0.1) is 0 Å². The van der Waals surface area contributed by atoms with Crippen molar-refractivity contribution in [1.82, 2.24) is 4.90 Å². The van der Waals surface area contributed by atoms with E-state index in [0.29, 0.717) is 18.6 Å². The molecule has 0 bridgehead atoms. The lowest BCUT2D eigenvalue weighted by Crippen LogP contribution is -2.50. The van der Waals surface area contributed by atoms with Gasteiger partial charge in [0.25, 0.3) is 0 Å². The maximum Gasteiger partial charge on any atom is 0.227 e. The number of amides is 1. The average Bonchev–Trinajstić information content (AvgIpc) is 2.19. The van der Waals surface area contributed by atoms with Crippen molar-refractivity contribution in [1.29, 1.82) is 0 Å². The fourth-order valence-corrected chi connectivity index (χ4v) is 2.51. The molecular weight excluding hydrogens is 188 g/mol. The summed E-state index contributed by atoms with van der Waals surface area (Å²) in [4.78, 5) is 14.3. The number of rotatable bonds is 3. The molecule has 88 valence electrons. The Morgan fingerprint density at radius 3 is 2.33 bits per heavy atom. The van der Waals surface area contributed by atoms with Crippen LogP contribution in [0.15, 0.2) is 0 Å². The highest BCUT2D eigenvalue weighted by molar-refractivity contribution is 5.79. The summed E-state index contributed by atoms with van der Waals surface area (Å²) in [6.07, 6.45) is 4.37. The standard InChI is InChI=1S/C12H24N2O/c1-4-11(8-13)12(15)14-9(2)6-5-7-10(14)3/h9-11H,4-8,13H2,1-3H3. The molecule has 0 aliphatic carbocycles. The minimum absolute atomic E-state index is 0.0213. The second kappa shape index (κ2) is 5.50. The molecule has 1 rings (SSSR count). The first-order valence-corrected chi connectivity index (χ1v) is 6.14. The van der Waals surface area contributed by atoms with Gasteiger partial charge in [0.15, 0.2) is 0 Å². The Kier molecular flexibility index (Phi) is 4.58. The van der Waals surface area contributed by atoms with Gasteiger partial charge < -0.3 is 10.6 Å². The van der Waals surface area contributed by atoms with Crippen molar-refractivity contribution in [2.75, 3.05) is 6.54 Å². The number of nitrogens with two attached hydrogens (primary N) is 1. The van der Waals surface area contributed by atoms with Crippen molar-refractivity contribution in [2.45, 2.75) is 58.5 Å². The number of carbonyl (C=O) groups is 1. The predicted molar refractivity (Wildman–Crippen MR) is 62.5 cm³/mol. The highest BCUT2D eigenvalue weighted by Crippen LogP contribution is 2.24. The van der Waals surface area contributed by atoms with E-state index >= 15 is 0 Å². The minimum atomic E-state index is 0.0213. The van der Waals surface area contributed by atoms with Gasteiger partial charge in [0.2, 0.25) is 5.91 Å². The summed E-state index contributed by atoms with van der Waals surface area (Å²) in [5.74, 6) is 0.285. The Labute approximate surface area is 93.0 Å². The van der Waals surface area contributed by atoms with Gasteiger partial charge >= 0.3 is 0 Å². The number of likely N-dealkylation sites (tertiary alicyclic amines) is 1. The van der Waals surface area contributed by atoms with Gasteiger partial charge in [-0.2, -0.15) is 0 Å². The molecule has 0 spiro atoms. The number of hydrogen-bond acceptors (Lipinski definition) is 2. The Morgan fingerprint density at radius 2 is 1.93 bits per heavy atom. The Balaban J connectivity index is 2.70. The smallest absolute Gasteiger partial charge is 0.227 e. The molecule has 15 heavy (non-hydrogen) atoms. The monoisotopic (exact) mass is 212 g/mol. The normalized spacial score (nSPS) is 28.9. The lowest BCUT2D eigenvalue weighted by molar-refractivity contribution is -0.141.